The van der Waals surface area contributed by atoms with Crippen LogP contribution in [0.15, 0.2) is 30.3 Å². The van der Waals surface area contributed by atoms with Crippen LogP contribution in [0.2, 0.25) is 0 Å². The summed E-state index contributed by atoms with van der Waals surface area (Å²) in [6.45, 7) is 6.23. The molecule has 0 radical (unpaired) electrons. The lowest BCUT2D eigenvalue weighted by Gasteiger charge is -2.12. The Balaban J connectivity index is 2.20. The Morgan fingerprint density at radius 3 is 2.24 bits per heavy atom. The topological polar surface area (TPSA) is 69.6 Å². The second-order valence-corrected chi connectivity index (χ2v) is 5.27. The van der Waals surface area contributed by atoms with Crippen LogP contribution < -0.4 is 5.32 Å². The fourth-order valence-corrected chi connectivity index (χ4v) is 2.29. The van der Waals surface area contributed by atoms with Crippen molar-refractivity contribution in [3.05, 3.63) is 58.1 Å². The molecule has 0 spiro atoms. The summed E-state index contributed by atoms with van der Waals surface area (Å²) in [5, 5.41) is 22.1. The molecule has 3 N–H and O–H groups in total. The number of hydrogen-bond donors (Lipinski definition) is 3. The molecule has 21 heavy (non-hydrogen) atoms. The molecule has 0 saturated heterocycles. The average Bonchev–Trinajstić information content (AvgIpc) is 2.43. The Labute approximate surface area is 124 Å². The van der Waals surface area contributed by atoms with E-state index in [1.54, 1.807) is 18.2 Å². The van der Waals surface area contributed by atoms with E-state index >= 15 is 0 Å². The Hall–Kier alpha value is -2.49. The molecule has 2 aromatic rings. The number of aryl methyl sites for hydroxylation is 3. The first-order valence-corrected chi connectivity index (χ1v) is 6.75. The van der Waals surface area contributed by atoms with Gasteiger partial charge in [0.1, 0.15) is 5.75 Å². The highest BCUT2D eigenvalue weighted by Gasteiger charge is 2.07. The van der Waals surface area contributed by atoms with Crippen LogP contribution in [0.3, 0.4) is 0 Å². The van der Waals surface area contributed by atoms with Crippen molar-refractivity contribution in [1.82, 2.24) is 0 Å². The van der Waals surface area contributed by atoms with Crippen molar-refractivity contribution in [2.24, 2.45) is 0 Å². The zero-order valence-corrected chi connectivity index (χ0v) is 12.4. The van der Waals surface area contributed by atoms with Gasteiger partial charge in [0.15, 0.2) is 0 Å². The number of carboxylic acids is 1. The van der Waals surface area contributed by atoms with Crippen molar-refractivity contribution < 1.29 is 15.0 Å². The van der Waals surface area contributed by atoms with Crippen molar-refractivity contribution in [2.45, 2.75) is 27.3 Å². The van der Waals surface area contributed by atoms with Crippen LogP contribution in [-0.4, -0.2) is 16.2 Å². The zero-order chi connectivity index (χ0) is 15.6. The largest absolute Gasteiger partial charge is 0.507 e. The van der Waals surface area contributed by atoms with E-state index < -0.39 is 5.97 Å². The van der Waals surface area contributed by atoms with Gasteiger partial charge in [-0.25, -0.2) is 4.79 Å². The van der Waals surface area contributed by atoms with E-state index in [0.717, 1.165) is 27.9 Å². The van der Waals surface area contributed by atoms with E-state index in [0.29, 0.717) is 12.3 Å². The number of rotatable bonds is 4. The molecule has 0 aliphatic heterocycles. The summed E-state index contributed by atoms with van der Waals surface area (Å²) in [5.74, 6) is -0.614. The minimum Gasteiger partial charge on any atom is -0.507 e. The van der Waals surface area contributed by atoms with Gasteiger partial charge in [-0.3, -0.25) is 0 Å². The number of carboxylic acid groups (broad SMARTS) is 1. The molecule has 0 bridgehead atoms. The molecule has 110 valence electrons. The number of hydrogen-bond acceptors (Lipinski definition) is 3. The van der Waals surface area contributed by atoms with Gasteiger partial charge >= 0.3 is 5.97 Å². The normalized spacial score (nSPS) is 10.4. The molecule has 0 amide bonds. The predicted octanol–water partition coefficient (Wildman–Crippen LogP) is 3.63. The van der Waals surface area contributed by atoms with Crippen molar-refractivity contribution in [1.29, 1.82) is 0 Å². The fourth-order valence-electron chi connectivity index (χ4n) is 2.29. The van der Waals surface area contributed by atoms with Crippen molar-refractivity contribution in [3.63, 3.8) is 0 Å². The maximum absolute atomic E-state index is 11.0. The van der Waals surface area contributed by atoms with E-state index in [2.05, 4.69) is 5.32 Å². The van der Waals surface area contributed by atoms with Crippen LogP contribution in [0.1, 0.15) is 32.6 Å². The van der Waals surface area contributed by atoms with E-state index in [1.165, 1.54) is 0 Å². The van der Waals surface area contributed by atoms with Crippen molar-refractivity contribution in [3.8, 4) is 5.75 Å². The lowest BCUT2D eigenvalue weighted by molar-refractivity contribution is 0.0697. The first kappa shape index (κ1) is 14.9. The molecule has 2 aromatic carbocycles. The van der Waals surface area contributed by atoms with E-state index in [9.17, 15) is 9.90 Å². The van der Waals surface area contributed by atoms with Gasteiger partial charge in [-0.05, 0) is 55.2 Å². The molecule has 0 saturated carbocycles. The Morgan fingerprint density at radius 1 is 1.05 bits per heavy atom. The molecule has 2 rings (SSSR count). The third-order valence-electron chi connectivity index (χ3n) is 3.52. The van der Waals surface area contributed by atoms with Crippen LogP contribution in [0.25, 0.3) is 0 Å². The number of aromatic hydroxyl groups is 1. The van der Waals surface area contributed by atoms with Crippen LogP contribution in [0.4, 0.5) is 5.69 Å². The molecular formula is C17H19NO3. The molecule has 0 aliphatic rings. The maximum atomic E-state index is 11.0. The number of nitrogens with one attached hydrogen (secondary N) is 1. The maximum Gasteiger partial charge on any atom is 0.335 e. The summed E-state index contributed by atoms with van der Waals surface area (Å²) in [6.07, 6.45) is 0. The first-order chi connectivity index (χ1) is 9.88. The summed E-state index contributed by atoms with van der Waals surface area (Å²) in [7, 11) is 0. The van der Waals surface area contributed by atoms with Gasteiger partial charge in [-0.1, -0.05) is 18.2 Å². The highest BCUT2D eigenvalue weighted by Crippen LogP contribution is 2.24. The summed E-state index contributed by atoms with van der Waals surface area (Å²) in [6, 6.07) is 8.87. The van der Waals surface area contributed by atoms with E-state index in [4.69, 9.17) is 5.11 Å². The molecule has 0 heterocycles. The van der Waals surface area contributed by atoms with Gasteiger partial charge in [0.2, 0.25) is 0 Å². The van der Waals surface area contributed by atoms with Gasteiger partial charge in [0.05, 0.1) is 5.56 Å². The molecule has 0 fully saturated rings. The minimum atomic E-state index is -0.936. The summed E-state index contributed by atoms with van der Waals surface area (Å²) < 4.78 is 0. The lowest BCUT2D eigenvalue weighted by atomic mass is 10.1. The molecule has 4 heteroatoms. The third-order valence-corrected chi connectivity index (χ3v) is 3.52. The molecule has 4 nitrogen and oxygen atoms in total. The Kier molecular flexibility index (Phi) is 4.17. The molecule has 0 aromatic heterocycles. The summed E-state index contributed by atoms with van der Waals surface area (Å²) in [5.41, 5.74) is 4.78. The predicted molar refractivity (Wildman–Crippen MR) is 83.0 cm³/mol. The smallest absolute Gasteiger partial charge is 0.335 e. The van der Waals surface area contributed by atoms with Gasteiger partial charge in [0, 0.05) is 12.2 Å². The van der Waals surface area contributed by atoms with Crippen LogP contribution in [0.5, 0.6) is 5.75 Å². The summed E-state index contributed by atoms with van der Waals surface area (Å²) in [4.78, 5) is 11.0. The van der Waals surface area contributed by atoms with E-state index in [-0.39, 0.29) is 5.56 Å². The standard InChI is InChI=1S/C17H19NO3/c1-10-4-5-14(17(20)21)8-15(10)18-9-13-6-11(2)16(19)12(3)7-13/h4-8,18-19H,9H2,1-3H3,(H,20,21). The Morgan fingerprint density at radius 2 is 1.67 bits per heavy atom. The van der Waals surface area contributed by atoms with Gasteiger partial charge in [-0.15, -0.1) is 0 Å². The molecular weight excluding hydrogens is 266 g/mol. The van der Waals surface area contributed by atoms with Crippen LogP contribution >= 0.6 is 0 Å². The van der Waals surface area contributed by atoms with E-state index in [1.807, 2.05) is 32.9 Å². The quantitative estimate of drug-likeness (QED) is 0.802. The van der Waals surface area contributed by atoms with Crippen LogP contribution in [0, 0.1) is 20.8 Å². The third kappa shape index (κ3) is 3.34. The summed E-state index contributed by atoms with van der Waals surface area (Å²) >= 11 is 0. The second-order valence-electron chi connectivity index (χ2n) is 5.27. The number of phenolic OH excluding ortho intramolecular Hbond substituents is 1. The number of anilines is 1. The van der Waals surface area contributed by atoms with Crippen molar-refractivity contribution in [2.75, 3.05) is 5.32 Å². The highest BCUT2D eigenvalue weighted by molar-refractivity contribution is 5.89. The number of phenols is 1. The van der Waals surface area contributed by atoms with Crippen LogP contribution in [-0.2, 0) is 6.54 Å². The average molecular weight is 285 g/mol. The van der Waals surface area contributed by atoms with Crippen molar-refractivity contribution >= 4 is 11.7 Å². The lowest BCUT2D eigenvalue weighted by Crippen LogP contribution is -2.04. The number of aromatic carboxylic acids is 1. The Bertz CT molecular complexity index is 669. The number of carbonyl (C=O) groups is 1. The second kappa shape index (κ2) is 5.87. The monoisotopic (exact) mass is 285 g/mol. The molecule has 0 atom stereocenters. The molecule has 0 unspecified atom stereocenters. The zero-order valence-electron chi connectivity index (χ0n) is 12.4. The van der Waals surface area contributed by atoms with Gasteiger partial charge in [0.25, 0.3) is 0 Å². The van der Waals surface area contributed by atoms with Gasteiger partial charge < -0.3 is 15.5 Å². The highest BCUT2D eigenvalue weighted by atomic mass is 16.4. The number of benzene rings is 2. The first-order valence-electron chi connectivity index (χ1n) is 6.75. The minimum absolute atomic E-state index is 0.265. The van der Waals surface area contributed by atoms with Gasteiger partial charge in [-0.2, -0.15) is 0 Å². The SMILES string of the molecule is Cc1ccc(C(=O)O)cc1NCc1cc(C)c(O)c(C)c1. The fraction of sp³-hybridized carbons (Fsp3) is 0.235. The molecule has 0 aliphatic carbocycles.